The van der Waals surface area contributed by atoms with Gasteiger partial charge in [-0.3, -0.25) is 14.7 Å². The first kappa shape index (κ1) is 26.5. The minimum atomic E-state index is -0.534. The van der Waals surface area contributed by atoms with Crippen molar-refractivity contribution in [2.45, 2.75) is 59.0 Å². The van der Waals surface area contributed by atoms with Gasteiger partial charge in [0, 0.05) is 29.9 Å². The van der Waals surface area contributed by atoms with Gasteiger partial charge in [-0.15, -0.1) is 0 Å². The second-order valence-corrected chi connectivity index (χ2v) is 11.6. The average molecular weight is 511 g/mol. The fraction of sp³-hybridized carbons (Fsp3) is 0.500. The van der Waals surface area contributed by atoms with Crippen LogP contribution in [0.2, 0.25) is 0 Å². The van der Waals surface area contributed by atoms with Crippen molar-refractivity contribution in [3.8, 4) is 17.0 Å². The molecule has 2 unspecified atom stereocenters. The third-order valence-corrected chi connectivity index (χ3v) is 8.03. The number of fused-ring (bicyclic) bond motifs is 1. The van der Waals surface area contributed by atoms with E-state index in [9.17, 15) is 9.18 Å². The summed E-state index contributed by atoms with van der Waals surface area (Å²) in [5, 5.41) is 0. The summed E-state index contributed by atoms with van der Waals surface area (Å²) < 4.78 is 25.4. The molecule has 0 bridgehead atoms. The third-order valence-electron chi connectivity index (χ3n) is 7.25. The molecule has 2 aromatic rings. The number of hydrogen-bond acceptors (Lipinski definition) is 6. The Hall–Kier alpha value is -2.58. The lowest BCUT2D eigenvalue weighted by Crippen LogP contribution is -2.47. The fourth-order valence-electron chi connectivity index (χ4n) is 5.00. The molecule has 2 aliphatic rings. The summed E-state index contributed by atoms with van der Waals surface area (Å²) in [6, 6.07) is 6.58. The van der Waals surface area contributed by atoms with E-state index in [0.29, 0.717) is 23.5 Å². The summed E-state index contributed by atoms with van der Waals surface area (Å²) in [6.45, 7) is 14.2. The highest BCUT2D eigenvalue weighted by Gasteiger charge is 2.43. The lowest BCUT2D eigenvalue weighted by Gasteiger charge is -2.43. The number of aldehydes is 1. The largest absolute Gasteiger partial charge is 0.485 e. The number of carbonyl (C=O) groups excluding carboxylic acids is 1. The van der Waals surface area contributed by atoms with Gasteiger partial charge in [0.15, 0.2) is 6.29 Å². The quantitative estimate of drug-likeness (QED) is 0.206. The number of ether oxygens (including phenoxy) is 1. The molecule has 192 valence electrons. The van der Waals surface area contributed by atoms with E-state index in [4.69, 9.17) is 4.74 Å². The highest BCUT2D eigenvalue weighted by molar-refractivity contribution is 7.98. The number of carbonyl (C=O) groups is 1. The lowest BCUT2D eigenvalue weighted by atomic mass is 9.77. The molecule has 0 saturated carbocycles. The molecule has 1 fully saturated rings. The highest BCUT2D eigenvalue weighted by Crippen LogP contribution is 2.43. The maximum Gasteiger partial charge on any atom is 0.152 e. The summed E-state index contributed by atoms with van der Waals surface area (Å²) in [6.07, 6.45) is 6.19. The number of rotatable bonds is 5. The van der Waals surface area contributed by atoms with E-state index in [1.165, 1.54) is 24.1 Å². The van der Waals surface area contributed by atoms with Crippen LogP contribution in [0, 0.1) is 17.2 Å². The van der Waals surface area contributed by atoms with Crippen molar-refractivity contribution < 1.29 is 13.9 Å². The monoisotopic (exact) mass is 510 g/mol. The van der Waals surface area contributed by atoms with Crippen LogP contribution in [0.5, 0.6) is 5.75 Å². The zero-order chi connectivity index (χ0) is 25.9. The van der Waals surface area contributed by atoms with Crippen molar-refractivity contribution in [3.05, 3.63) is 47.4 Å². The first-order valence-electron chi connectivity index (χ1n) is 12.5. The molecule has 0 amide bonds. The number of hydrogen-bond donors (Lipinski definition) is 0. The Bertz CT molecular complexity index is 1160. The van der Waals surface area contributed by atoms with Crippen molar-refractivity contribution in [2.75, 3.05) is 19.0 Å². The number of benzene rings is 1. The molecule has 1 saturated heterocycles. The van der Waals surface area contributed by atoms with Gasteiger partial charge in [-0.1, -0.05) is 33.8 Å². The van der Waals surface area contributed by atoms with E-state index >= 15 is 0 Å². The maximum absolute atomic E-state index is 14.1. The van der Waals surface area contributed by atoms with Crippen molar-refractivity contribution in [1.82, 2.24) is 9.88 Å². The number of amidine groups is 1. The Balaban J connectivity index is 1.44. The second kappa shape index (κ2) is 10.8. The fourth-order valence-corrected chi connectivity index (χ4v) is 5.93. The predicted molar refractivity (Wildman–Crippen MR) is 146 cm³/mol. The molecule has 0 N–H and O–H groups in total. The van der Waals surface area contributed by atoms with Gasteiger partial charge >= 0.3 is 0 Å². The molecule has 4 rings (SSSR count). The van der Waals surface area contributed by atoms with Crippen molar-refractivity contribution in [1.29, 1.82) is 0 Å². The van der Waals surface area contributed by atoms with Crippen LogP contribution in [-0.4, -0.2) is 53.3 Å². The molecule has 6 nitrogen and oxygen atoms in total. The van der Waals surface area contributed by atoms with Crippen molar-refractivity contribution in [3.63, 3.8) is 0 Å². The number of likely N-dealkylation sites (tertiary alicyclic amines) is 1. The number of nitrogens with zero attached hydrogens (tertiary/aromatic N) is 4. The summed E-state index contributed by atoms with van der Waals surface area (Å²) in [4.78, 5) is 22.0. The lowest BCUT2D eigenvalue weighted by molar-refractivity contribution is -0.0129. The van der Waals surface area contributed by atoms with Gasteiger partial charge in [0.2, 0.25) is 0 Å². The molecule has 0 aliphatic carbocycles. The topological polar surface area (TPSA) is 67.2 Å². The normalized spacial score (nSPS) is 23.0. The zero-order valence-corrected chi connectivity index (χ0v) is 22.4. The van der Waals surface area contributed by atoms with E-state index in [2.05, 4.69) is 53.7 Å². The van der Waals surface area contributed by atoms with E-state index in [1.807, 2.05) is 6.07 Å². The molecule has 2 atom stereocenters. The minimum Gasteiger partial charge on any atom is -0.485 e. The van der Waals surface area contributed by atoms with Crippen LogP contribution in [0.15, 0.2) is 39.9 Å². The third kappa shape index (κ3) is 5.70. The average Bonchev–Trinajstić information content (AvgIpc) is 3.04. The van der Waals surface area contributed by atoms with Gasteiger partial charge in [0.05, 0.1) is 23.3 Å². The minimum absolute atomic E-state index is 0.0511. The standard InChI is InChI=1S/C28H35FN4O2S/c1-19-13-22-15-24(20-7-8-21(17-34)23(29)14-20)31-16-25(22)35-28(19)9-6-11-33(12-10-28)18-36-32-26(30-5)27(2,3)4/h7-8,14-17,19H,5-6,9-13,18H2,1-4H3/b32-26-. The van der Waals surface area contributed by atoms with Crippen LogP contribution >= 0.6 is 11.9 Å². The van der Waals surface area contributed by atoms with Crippen LogP contribution in [0.3, 0.4) is 0 Å². The van der Waals surface area contributed by atoms with Gasteiger partial charge in [-0.25, -0.2) is 9.38 Å². The first-order valence-corrected chi connectivity index (χ1v) is 13.4. The van der Waals surface area contributed by atoms with E-state index < -0.39 is 5.82 Å². The number of halogens is 1. The molecule has 3 heterocycles. The number of aromatic nitrogens is 1. The molecule has 1 spiro atoms. The smallest absolute Gasteiger partial charge is 0.152 e. The molecular weight excluding hydrogens is 475 g/mol. The summed E-state index contributed by atoms with van der Waals surface area (Å²) in [5.41, 5.74) is 2.16. The van der Waals surface area contributed by atoms with Crippen LogP contribution in [0.4, 0.5) is 4.39 Å². The van der Waals surface area contributed by atoms with Crippen molar-refractivity contribution >= 4 is 30.8 Å². The molecule has 0 radical (unpaired) electrons. The van der Waals surface area contributed by atoms with Gasteiger partial charge in [-0.2, -0.15) is 4.40 Å². The van der Waals surface area contributed by atoms with Crippen LogP contribution in [-0.2, 0) is 6.42 Å². The molecular formula is C28H35FN4O2S. The van der Waals surface area contributed by atoms with Crippen LogP contribution in [0.25, 0.3) is 11.3 Å². The summed E-state index contributed by atoms with van der Waals surface area (Å²) in [7, 11) is 0. The Morgan fingerprint density at radius 1 is 1.33 bits per heavy atom. The van der Waals surface area contributed by atoms with Crippen LogP contribution in [0.1, 0.15) is 62.9 Å². The SMILES string of the molecule is C=N/C(=N\SCN1CCCC2(CC1)Oc1cnc(-c3ccc(C=O)c(F)c3)cc1CC2C)C(C)(C)C. The molecule has 2 aliphatic heterocycles. The maximum atomic E-state index is 14.1. The number of aliphatic imine (C=N–C) groups is 1. The predicted octanol–water partition coefficient (Wildman–Crippen LogP) is 6.25. The summed E-state index contributed by atoms with van der Waals surface area (Å²) in [5.74, 6) is 2.22. The molecule has 8 heteroatoms. The molecule has 36 heavy (non-hydrogen) atoms. The molecule has 1 aromatic heterocycles. The van der Waals surface area contributed by atoms with Crippen LogP contribution < -0.4 is 4.74 Å². The Labute approximate surface area is 217 Å². The van der Waals surface area contributed by atoms with E-state index in [-0.39, 0.29) is 16.6 Å². The van der Waals surface area contributed by atoms with Gasteiger partial charge in [0.1, 0.15) is 23.0 Å². The van der Waals surface area contributed by atoms with Crippen molar-refractivity contribution in [2.24, 2.45) is 20.7 Å². The Kier molecular flexibility index (Phi) is 7.95. The van der Waals surface area contributed by atoms with Gasteiger partial charge in [0.25, 0.3) is 0 Å². The Morgan fingerprint density at radius 2 is 2.14 bits per heavy atom. The number of pyridine rings is 1. The second-order valence-electron chi connectivity index (χ2n) is 10.9. The zero-order valence-electron chi connectivity index (χ0n) is 21.6. The summed E-state index contributed by atoms with van der Waals surface area (Å²) >= 11 is 1.54. The van der Waals surface area contributed by atoms with Gasteiger partial charge < -0.3 is 4.74 Å². The molecule has 1 aromatic carbocycles. The first-order chi connectivity index (χ1) is 17.1. The Morgan fingerprint density at radius 3 is 2.83 bits per heavy atom. The van der Waals surface area contributed by atoms with Gasteiger partial charge in [-0.05, 0) is 68.2 Å². The van der Waals surface area contributed by atoms with E-state index in [1.54, 1.807) is 12.3 Å². The van der Waals surface area contributed by atoms with E-state index in [0.717, 1.165) is 61.8 Å². The highest BCUT2D eigenvalue weighted by atomic mass is 32.2.